The minimum Gasteiger partial charge on any atom is -0.497 e. The number of nitrogens with zero attached hydrogens (tertiary/aromatic N) is 4. The van der Waals surface area contributed by atoms with Gasteiger partial charge in [-0.2, -0.15) is 0 Å². The third-order valence-electron chi connectivity index (χ3n) is 5.23. The van der Waals surface area contributed by atoms with Crippen LogP contribution in [-0.4, -0.2) is 46.0 Å². The number of carbonyl (C=O) groups is 1. The van der Waals surface area contributed by atoms with Crippen LogP contribution in [-0.2, 0) is 0 Å². The molecule has 0 spiro atoms. The molecule has 1 aliphatic heterocycles. The summed E-state index contributed by atoms with van der Waals surface area (Å²) in [6.07, 6.45) is 3.33. The molecule has 28 heavy (non-hydrogen) atoms. The highest BCUT2D eigenvalue weighted by Crippen LogP contribution is 2.40. The van der Waals surface area contributed by atoms with Gasteiger partial charge in [-0.15, -0.1) is 11.3 Å². The maximum atomic E-state index is 13.2. The van der Waals surface area contributed by atoms with Gasteiger partial charge in [0.05, 0.1) is 17.8 Å². The van der Waals surface area contributed by atoms with Crippen LogP contribution in [0.15, 0.2) is 42.9 Å². The summed E-state index contributed by atoms with van der Waals surface area (Å²) in [7, 11) is 1.66. The van der Waals surface area contributed by atoms with Crippen LogP contribution in [0.1, 0.15) is 43.5 Å². The third-order valence-corrected chi connectivity index (χ3v) is 6.29. The Hall–Kier alpha value is -2.80. The fourth-order valence-electron chi connectivity index (χ4n) is 3.85. The van der Waals surface area contributed by atoms with Crippen molar-refractivity contribution < 1.29 is 9.53 Å². The zero-order valence-corrected chi connectivity index (χ0v) is 16.9. The van der Waals surface area contributed by atoms with E-state index < -0.39 is 0 Å². The molecule has 1 aromatic carbocycles. The standard InChI is InChI=1S/C21H22N4O2S/c1-13-20(28-14(2)24-13)21(26)25-10-17(15-4-6-16(27-3)7-5-15)18(11-25)19-8-9-22-12-23-19/h4-9,12,17-18H,10-11H2,1-3H3/t17-,18+/m0/s1. The van der Waals surface area contributed by atoms with Crippen LogP contribution in [0.25, 0.3) is 0 Å². The van der Waals surface area contributed by atoms with E-state index in [0.717, 1.165) is 27.0 Å². The van der Waals surface area contributed by atoms with Crippen LogP contribution >= 0.6 is 11.3 Å². The van der Waals surface area contributed by atoms with E-state index in [1.807, 2.05) is 36.9 Å². The van der Waals surface area contributed by atoms with E-state index in [4.69, 9.17) is 4.74 Å². The first-order valence-corrected chi connectivity index (χ1v) is 10.0. The summed E-state index contributed by atoms with van der Waals surface area (Å²) in [5.74, 6) is 1.16. The highest BCUT2D eigenvalue weighted by atomic mass is 32.1. The normalized spacial score (nSPS) is 19.0. The smallest absolute Gasteiger partial charge is 0.265 e. The lowest BCUT2D eigenvalue weighted by Gasteiger charge is -2.18. The van der Waals surface area contributed by atoms with E-state index in [1.54, 1.807) is 19.6 Å². The number of methoxy groups -OCH3 is 1. The zero-order chi connectivity index (χ0) is 19.7. The number of hydrogen-bond acceptors (Lipinski definition) is 6. The largest absolute Gasteiger partial charge is 0.497 e. The number of benzene rings is 1. The Morgan fingerprint density at radius 2 is 1.89 bits per heavy atom. The van der Waals surface area contributed by atoms with E-state index in [0.29, 0.717) is 13.1 Å². The molecule has 0 aliphatic carbocycles. The number of ether oxygens (including phenoxy) is 1. The van der Waals surface area contributed by atoms with Crippen molar-refractivity contribution in [2.45, 2.75) is 25.7 Å². The van der Waals surface area contributed by atoms with Gasteiger partial charge in [0.15, 0.2) is 0 Å². The van der Waals surface area contributed by atoms with Crippen molar-refractivity contribution in [1.29, 1.82) is 0 Å². The molecule has 3 aromatic rings. The number of hydrogen-bond donors (Lipinski definition) is 0. The van der Waals surface area contributed by atoms with Crippen molar-refractivity contribution in [1.82, 2.24) is 19.9 Å². The SMILES string of the molecule is COc1ccc([C@@H]2CN(C(=O)c3sc(C)nc3C)C[C@H]2c2ccncn2)cc1. The molecule has 4 rings (SSSR count). The predicted molar refractivity (Wildman–Crippen MR) is 108 cm³/mol. The first-order chi connectivity index (χ1) is 13.6. The summed E-state index contributed by atoms with van der Waals surface area (Å²) in [6.45, 7) is 5.11. The van der Waals surface area contributed by atoms with Crippen LogP contribution in [0.2, 0.25) is 0 Å². The monoisotopic (exact) mass is 394 g/mol. The summed E-state index contributed by atoms with van der Waals surface area (Å²) in [5.41, 5.74) is 2.94. The Kier molecular flexibility index (Phi) is 5.09. The van der Waals surface area contributed by atoms with E-state index in [1.165, 1.54) is 16.9 Å². The quantitative estimate of drug-likeness (QED) is 0.677. The molecule has 1 amide bonds. The number of likely N-dealkylation sites (tertiary alicyclic amines) is 1. The lowest BCUT2D eigenvalue weighted by atomic mass is 9.86. The molecule has 6 nitrogen and oxygen atoms in total. The number of rotatable bonds is 4. The number of thiazole rings is 1. The van der Waals surface area contributed by atoms with Crippen molar-refractivity contribution in [3.8, 4) is 5.75 Å². The average molecular weight is 395 g/mol. The summed E-state index contributed by atoms with van der Waals surface area (Å²) in [4.78, 5) is 28.8. The van der Waals surface area contributed by atoms with E-state index >= 15 is 0 Å². The molecule has 0 bridgehead atoms. The Labute approximate surface area is 168 Å². The van der Waals surface area contributed by atoms with Gasteiger partial charge in [0.25, 0.3) is 5.91 Å². The minimum atomic E-state index is 0.0539. The Morgan fingerprint density at radius 3 is 2.50 bits per heavy atom. The Bertz CT molecular complexity index is 972. The van der Waals surface area contributed by atoms with E-state index in [9.17, 15) is 4.79 Å². The highest BCUT2D eigenvalue weighted by molar-refractivity contribution is 7.13. The molecule has 0 radical (unpaired) electrons. The molecule has 144 valence electrons. The molecule has 0 unspecified atom stereocenters. The summed E-state index contributed by atoms with van der Waals surface area (Å²) in [5, 5.41) is 0.916. The van der Waals surface area contributed by atoms with Crippen molar-refractivity contribution in [3.63, 3.8) is 0 Å². The predicted octanol–water partition coefficient (Wildman–Crippen LogP) is 3.58. The molecular formula is C21H22N4O2S. The van der Waals surface area contributed by atoms with E-state index in [-0.39, 0.29) is 17.7 Å². The second-order valence-corrected chi connectivity index (χ2v) is 8.18. The van der Waals surface area contributed by atoms with Crippen molar-refractivity contribution >= 4 is 17.2 Å². The van der Waals surface area contributed by atoms with Crippen molar-refractivity contribution in [2.24, 2.45) is 0 Å². The number of carbonyl (C=O) groups excluding carboxylic acids is 1. The number of aromatic nitrogens is 3. The maximum Gasteiger partial charge on any atom is 0.265 e. The Balaban J connectivity index is 1.66. The topological polar surface area (TPSA) is 68.2 Å². The van der Waals surface area contributed by atoms with E-state index in [2.05, 4.69) is 27.1 Å². The molecule has 7 heteroatoms. The molecule has 1 saturated heterocycles. The van der Waals surface area contributed by atoms with Crippen LogP contribution < -0.4 is 4.74 Å². The zero-order valence-electron chi connectivity index (χ0n) is 16.1. The van der Waals surface area contributed by atoms with Crippen LogP contribution in [0.5, 0.6) is 5.75 Å². The van der Waals surface area contributed by atoms with Gasteiger partial charge in [-0.1, -0.05) is 12.1 Å². The average Bonchev–Trinajstić information content (AvgIpc) is 3.31. The third kappa shape index (κ3) is 3.49. The number of amides is 1. The molecule has 0 N–H and O–H groups in total. The second-order valence-electron chi connectivity index (χ2n) is 6.98. The molecular weight excluding hydrogens is 372 g/mol. The minimum absolute atomic E-state index is 0.0539. The van der Waals surface area contributed by atoms with Crippen LogP contribution in [0, 0.1) is 13.8 Å². The number of aryl methyl sites for hydroxylation is 2. The molecule has 2 aromatic heterocycles. The fourth-order valence-corrected chi connectivity index (χ4v) is 4.74. The summed E-state index contributed by atoms with van der Waals surface area (Å²) >= 11 is 1.46. The first-order valence-electron chi connectivity index (χ1n) is 9.20. The Morgan fingerprint density at radius 1 is 1.14 bits per heavy atom. The van der Waals surface area contributed by atoms with Gasteiger partial charge in [-0.3, -0.25) is 4.79 Å². The van der Waals surface area contributed by atoms with Crippen molar-refractivity contribution in [3.05, 3.63) is 69.7 Å². The van der Waals surface area contributed by atoms with Crippen LogP contribution in [0.3, 0.4) is 0 Å². The lowest BCUT2D eigenvalue weighted by molar-refractivity contribution is 0.0793. The lowest BCUT2D eigenvalue weighted by Crippen LogP contribution is -2.28. The molecule has 1 fully saturated rings. The van der Waals surface area contributed by atoms with Gasteiger partial charge >= 0.3 is 0 Å². The van der Waals surface area contributed by atoms with Crippen LogP contribution in [0.4, 0.5) is 0 Å². The first kappa shape index (κ1) is 18.6. The molecule has 1 aliphatic rings. The van der Waals surface area contributed by atoms with Crippen molar-refractivity contribution in [2.75, 3.05) is 20.2 Å². The van der Waals surface area contributed by atoms with Gasteiger partial charge in [0, 0.05) is 36.8 Å². The second kappa shape index (κ2) is 7.67. The van der Waals surface area contributed by atoms with Gasteiger partial charge in [0.2, 0.25) is 0 Å². The maximum absolute atomic E-state index is 13.2. The highest BCUT2D eigenvalue weighted by Gasteiger charge is 2.39. The summed E-state index contributed by atoms with van der Waals surface area (Å²) < 4.78 is 5.29. The molecule has 3 heterocycles. The van der Waals surface area contributed by atoms with Gasteiger partial charge < -0.3 is 9.64 Å². The summed E-state index contributed by atoms with van der Waals surface area (Å²) in [6, 6.07) is 10.0. The molecule has 2 atom stereocenters. The van der Waals surface area contributed by atoms with Gasteiger partial charge in [0.1, 0.15) is 17.0 Å². The molecule has 0 saturated carbocycles. The fraction of sp³-hybridized carbons (Fsp3) is 0.333. The van der Waals surface area contributed by atoms with Gasteiger partial charge in [-0.05, 0) is 37.6 Å². The van der Waals surface area contributed by atoms with Gasteiger partial charge in [-0.25, -0.2) is 15.0 Å².